The van der Waals surface area contributed by atoms with Gasteiger partial charge < -0.3 is 15.4 Å². The predicted octanol–water partition coefficient (Wildman–Crippen LogP) is 4.24. The summed E-state index contributed by atoms with van der Waals surface area (Å²) in [5.74, 6) is 0.588. The molecule has 0 atom stereocenters. The number of halogens is 2. The fraction of sp³-hybridized carbons (Fsp3) is 0.300. The number of methoxy groups -OCH3 is 1. The first-order chi connectivity index (χ1) is 13.5. The lowest BCUT2D eigenvalue weighted by Crippen LogP contribution is -2.48. The number of H-pyrrole nitrogens is 1. The third kappa shape index (κ3) is 3.43. The zero-order valence-corrected chi connectivity index (χ0v) is 17.0. The highest BCUT2D eigenvalue weighted by Gasteiger charge is 2.34. The maximum Gasteiger partial charge on any atom is 0.212 e. The van der Waals surface area contributed by atoms with Crippen LogP contribution in [-0.4, -0.2) is 35.4 Å². The zero-order chi connectivity index (χ0) is 19.7. The van der Waals surface area contributed by atoms with Crippen LogP contribution < -0.4 is 15.4 Å². The number of pyridine rings is 1. The van der Waals surface area contributed by atoms with Gasteiger partial charge in [-0.15, -0.1) is 0 Å². The summed E-state index contributed by atoms with van der Waals surface area (Å²) >= 11 is 12.8. The molecule has 1 saturated heterocycles. The standard InChI is InChI=1S/C20H21Cl2N5O/c1-28-17-5-2-13(12-24-17)20(23)7-10-27(11-8-20)16-4-3-14(21)19(22)18(16)15-6-9-25-26-15/h2-6,9,12H,7-8,10-11,23H2,1H3,(H,25,26). The molecule has 3 heterocycles. The molecule has 0 amide bonds. The van der Waals surface area contributed by atoms with Gasteiger partial charge in [0.25, 0.3) is 0 Å². The Kier molecular flexibility index (Phi) is 5.19. The molecular weight excluding hydrogens is 397 g/mol. The van der Waals surface area contributed by atoms with Crippen molar-refractivity contribution in [3.63, 3.8) is 0 Å². The summed E-state index contributed by atoms with van der Waals surface area (Å²) in [6, 6.07) is 9.57. The molecule has 3 N–H and O–H groups in total. The summed E-state index contributed by atoms with van der Waals surface area (Å²) in [5.41, 5.74) is 10.1. The van der Waals surface area contributed by atoms with Gasteiger partial charge in [-0.1, -0.05) is 29.3 Å². The fourth-order valence-electron chi connectivity index (χ4n) is 3.69. The Morgan fingerprint density at radius 3 is 2.54 bits per heavy atom. The van der Waals surface area contributed by atoms with Gasteiger partial charge in [0.2, 0.25) is 5.88 Å². The SMILES string of the molecule is COc1ccc(C2(N)CCN(c3ccc(Cl)c(Cl)c3-c3ccn[nH]3)CC2)cn1. The molecule has 28 heavy (non-hydrogen) atoms. The normalized spacial score (nSPS) is 16.2. The minimum absolute atomic E-state index is 0.417. The molecule has 1 fully saturated rings. The second kappa shape index (κ2) is 7.62. The van der Waals surface area contributed by atoms with Crippen molar-refractivity contribution in [2.45, 2.75) is 18.4 Å². The van der Waals surface area contributed by atoms with E-state index in [0.717, 1.165) is 48.4 Å². The number of nitrogens with zero attached hydrogens (tertiary/aromatic N) is 3. The molecule has 2 aromatic heterocycles. The Labute approximate surface area is 173 Å². The van der Waals surface area contributed by atoms with Crippen molar-refractivity contribution in [2.24, 2.45) is 5.73 Å². The molecular formula is C20H21Cl2N5O. The lowest BCUT2D eigenvalue weighted by molar-refractivity contribution is 0.340. The smallest absolute Gasteiger partial charge is 0.212 e. The summed E-state index contributed by atoms with van der Waals surface area (Å²) in [4.78, 5) is 6.60. The number of piperidine rings is 1. The van der Waals surface area contributed by atoms with Crippen molar-refractivity contribution in [3.8, 4) is 17.1 Å². The van der Waals surface area contributed by atoms with Gasteiger partial charge in [0.1, 0.15) is 0 Å². The van der Waals surface area contributed by atoms with Gasteiger partial charge >= 0.3 is 0 Å². The minimum atomic E-state index is -0.417. The van der Waals surface area contributed by atoms with Gasteiger partial charge in [-0.3, -0.25) is 5.10 Å². The summed E-state index contributed by atoms with van der Waals surface area (Å²) in [7, 11) is 1.60. The van der Waals surface area contributed by atoms with Crippen LogP contribution in [0.1, 0.15) is 18.4 Å². The van der Waals surface area contributed by atoms with E-state index >= 15 is 0 Å². The van der Waals surface area contributed by atoms with Crippen LogP contribution in [0.5, 0.6) is 5.88 Å². The summed E-state index contributed by atoms with van der Waals surface area (Å²) in [6.45, 7) is 1.59. The summed E-state index contributed by atoms with van der Waals surface area (Å²) in [5, 5.41) is 8.08. The van der Waals surface area contributed by atoms with Crippen molar-refractivity contribution in [2.75, 3.05) is 25.1 Å². The number of rotatable bonds is 4. The van der Waals surface area contributed by atoms with Crippen molar-refractivity contribution in [1.29, 1.82) is 0 Å². The average Bonchev–Trinajstić information content (AvgIpc) is 3.25. The Morgan fingerprint density at radius 2 is 1.93 bits per heavy atom. The van der Waals surface area contributed by atoms with E-state index in [1.807, 2.05) is 36.5 Å². The maximum absolute atomic E-state index is 6.73. The molecule has 3 aromatic rings. The highest BCUT2D eigenvalue weighted by molar-refractivity contribution is 6.44. The third-order valence-corrected chi connectivity index (χ3v) is 6.16. The Hall–Kier alpha value is -2.28. The van der Waals surface area contributed by atoms with E-state index in [1.54, 1.807) is 13.3 Å². The zero-order valence-electron chi connectivity index (χ0n) is 15.5. The van der Waals surface area contributed by atoms with Crippen LogP contribution in [0.15, 0.2) is 42.7 Å². The second-order valence-electron chi connectivity index (χ2n) is 6.96. The van der Waals surface area contributed by atoms with Gasteiger partial charge in [0.05, 0.1) is 22.8 Å². The van der Waals surface area contributed by atoms with Crippen molar-refractivity contribution in [3.05, 3.63) is 58.3 Å². The largest absolute Gasteiger partial charge is 0.481 e. The fourth-order valence-corrected chi connectivity index (χ4v) is 4.11. The molecule has 6 nitrogen and oxygen atoms in total. The highest BCUT2D eigenvalue weighted by atomic mass is 35.5. The molecule has 146 valence electrons. The Balaban J connectivity index is 1.60. The van der Waals surface area contributed by atoms with Crippen molar-refractivity contribution >= 4 is 28.9 Å². The average molecular weight is 418 g/mol. The number of aromatic amines is 1. The van der Waals surface area contributed by atoms with Crippen LogP contribution in [0.25, 0.3) is 11.3 Å². The molecule has 0 saturated carbocycles. The number of nitrogens with two attached hydrogens (primary N) is 1. The lowest BCUT2D eigenvalue weighted by Gasteiger charge is -2.41. The molecule has 4 rings (SSSR count). The number of anilines is 1. The van der Waals surface area contributed by atoms with Crippen LogP contribution in [-0.2, 0) is 5.54 Å². The number of hydrogen-bond donors (Lipinski definition) is 2. The third-order valence-electron chi connectivity index (χ3n) is 5.36. The molecule has 1 aliphatic rings. The van der Waals surface area contributed by atoms with E-state index < -0.39 is 5.54 Å². The van der Waals surface area contributed by atoms with Gasteiger partial charge in [-0.2, -0.15) is 5.10 Å². The second-order valence-corrected chi connectivity index (χ2v) is 7.74. The van der Waals surface area contributed by atoms with E-state index in [2.05, 4.69) is 20.1 Å². The monoisotopic (exact) mass is 417 g/mol. The molecule has 8 heteroatoms. The number of benzene rings is 1. The van der Waals surface area contributed by atoms with Crippen molar-refractivity contribution < 1.29 is 4.74 Å². The molecule has 0 bridgehead atoms. The molecule has 0 unspecified atom stereocenters. The van der Waals surface area contributed by atoms with E-state index in [-0.39, 0.29) is 0 Å². The first kappa shape index (κ1) is 19.1. The summed E-state index contributed by atoms with van der Waals surface area (Å²) < 4.78 is 5.14. The first-order valence-corrected chi connectivity index (χ1v) is 9.79. The number of hydrogen-bond acceptors (Lipinski definition) is 5. The molecule has 0 spiro atoms. The van der Waals surface area contributed by atoms with E-state index in [4.69, 9.17) is 33.7 Å². The molecule has 0 radical (unpaired) electrons. The van der Waals surface area contributed by atoms with Crippen LogP contribution >= 0.6 is 23.2 Å². The summed E-state index contributed by atoms with van der Waals surface area (Å²) in [6.07, 6.45) is 5.10. The van der Waals surface area contributed by atoms with Crippen LogP contribution in [0.4, 0.5) is 5.69 Å². The Bertz CT molecular complexity index is 951. The lowest BCUT2D eigenvalue weighted by atomic mass is 9.82. The Morgan fingerprint density at radius 1 is 1.14 bits per heavy atom. The molecule has 0 aliphatic carbocycles. The van der Waals surface area contributed by atoms with Crippen LogP contribution in [0.3, 0.4) is 0 Å². The van der Waals surface area contributed by atoms with E-state index in [1.165, 1.54) is 0 Å². The minimum Gasteiger partial charge on any atom is -0.481 e. The quantitative estimate of drug-likeness (QED) is 0.663. The van der Waals surface area contributed by atoms with Crippen LogP contribution in [0, 0.1) is 0 Å². The van der Waals surface area contributed by atoms with Gasteiger partial charge in [-0.25, -0.2) is 4.98 Å². The highest BCUT2D eigenvalue weighted by Crippen LogP contribution is 2.42. The van der Waals surface area contributed by atoms with Gasteiger partial charge in [0.15, 0.2) is 0 Å². The van der Waals surface area contributed by atoms with Gasteiger partial charge in [0, 0.05) is 48.3 Å². The topological polar surface area (TPSA) is 80.1 Å². The number of nitrogens with one attached hydrogen (secondary N) is 1. The van der Waals surface area contributed by atoms with Crippen LogP contribution in [0.2, 0.25) is 10.0 Å². The number of aromatic nitrogens is 3. The van der Waals surface area contributed by atoms with Crippen molar-refractivity contribution in [1.82, 2.24) is 15.2 Å². The molecule has 1 aliphatic heterocycles. The van der Waals surface area contributed by atoms with E-state index in [9.17, 15) is 0 Å². The van der Waals surface area contributed by atoms with E-state index in [0.29, 0.717) is 15.9 Å². The first-order valence-electron chi connectivity index (χ1n) is 9.04. The number of ether oxygens (including phenoxy) is 1. The predicted molar refractivity (Wildman–Crippen MR) is 112 cm³/mol. The maximum atomic E-state index is 6.73. The van der Waals surface area contributed by atoms with Gasteiger partial charge in [-0.05, 0) is 36.6 Å². The molecule has 1 aromatic carbocycles.